The SMILES string of the molecule is C=C(NNc1ccccc1)OCC(C)C. The van der Waals surface area contributed by atoms with E-state index in [1.54, 1.807) is 0 Å². The number of para-hydroxylation sites is 1. The number of benzene rings is 1. The quantitative estimate of drug-likeness (QED) is 0.554. The molecule has 0 fully saturated rings. The third-order valence-corrected chi connectivity index (χ3v) is 1.71. The van der Waals surface area contributed by atoms with Crippen molar-refractivity contribution in [1.82, 2.24) is 5.43 Å². The van der Waals surface area contributed by atoms with E-state index in [0.717, 1.165) is 5.69 Å². The maximum Gasteiger partial charge on any atom is 0.198 e. The Labute approximate surface area is 91.1 Å². The van der Waals surface area contributed by atoms with Gasteiger partial charge in [0.2, 0.25) is 0 Å². The Morgan fingerprint density at radius 3 is 2.60 bits per heavy atom. The molecule has 0 radical (unpaired) electrons. The maximum atomic E-state index is 5.36. The Morgan fingerprint density at radius 2 is 2.00 bits per heavy atom. The molecule has 0 aliphatic heterocycles. The van der Waals surface area contributed by atoms with Crippen molar-refractivity contribution in [2.45, 2.75) is 13.8 Å². The van der Waals surface area contributed by atoms with Crippen molar-refractivity contribution in [2.24, 2.45) is 5.92 Å². The molecule has 15 heavy (non-hydrogen) atoms. The normalized spacial score (nSPS) is 9.80. The second kappa shape index (κ2) is 5.96. The van der Waals surface area contributed by atoms with E-state index in [1.165, 1.54) is 0 Å². The average molecular weight is 206 g/mol. The Hall–Kier alpha value is -1.64. The summed E-state index contributed by atoms with van der Waals surface area (Å²) in [6.07, 6.45) is 0. The minimum absolute atomic E-state index is 0.500. The third kappa shape index (κ3) is 4.96. The van der Waals surface area contributed by atoms with E-state index >= 15 is 0 Å². The van der Waals surface area contributed by atoms with Crippen LogP contribution in [-0.4, -0.2) is 6.61 Å². The Kier molecular flexibility index (Phi) is 4.54. The van der Waals surface area contributed by atoms with Crippen molar-refractivity contribution in [2.75, 3.05) is 12.0 Å². The first-order valence-electron chi connectivity index (χ1n) is 5.07. The fraction of sp³-hybridized carbons (Fsp3) is 0.333. The van der Waals surface area contributed by atoms with Crippen LogP contribution in [0.4, 0.5) is 5.69 Å². The average Bonchev–Trinajstić information content (AvgIpc) is 2.25. The van der Waals surface area contributed by atoms with Crippen LogP contribution in [0.15, 0.2) is 42.8 Å². The lowest BCUT2D eigenvalue weighted by Gasteiger charge is -2.14. The summed E-state index contributed by atoms with van der Waals surface area (Å²) in [5.41, 5.74) is 6.86. The van der Waals surface area contributed by atoms with Crippen LogP contribution < -0.4 is 10.9 Å². The van der Waals surface area contributed by atoms with Gasteiger partial charge in [-0.1, -0.05) is 32.0 Å². The van der Waals surface area contributed by atoms with E-state index in [4.69, 9.17) is 4.74 Å². The summed E-state index contributed by atoms with van der Waals surface area (Å²) >= 11 is 0. The lowest BCUT2D eigenvalue weighted by Crippen LogP contribution is -2.22. The first kappa shape index (κ1) is 11.4. The van der Waals surface area contributed by atoms with Gasteiger partial charge in [0.15, 0.2) is 5.88 Å². The Morgan fingerprint density at radius 1 is 1.33 bits per heavy atom. The summed E-state index contributed by atoms with van der Waals surface area (Å²) in [5, 5.41) is 0. The number of ether oxygens (including phenoxy) is 1. The fourth-order valence-corrected chi connectivity index (χ4v) is 0.967. The highest BCUT2D eigenvalue weighted by Gasteiger charge is 1.96. The molecule has 1 aromatic carbocycles. The maximum absolute atomic E-state index is 5.36. The van der Waals surface area contributed by atoms with Gasteiger partial charge in [-0.25, -0.2) is 0 Å². The number of hydrazine groups is 1. The van der Waals surface area contributed by atoms with Crippen LogP contribution >= 0.6 is 0 Å². The van der Waals surface area contributed by atoms with Crippen LogP contribution in [0.2, 0.25) is 0 Å². The van der Waals surface area contributed by atoms with Crippen LogP contribution in [0.25, 0.3) is 0 Å². The predicted molar refractivity (Wildman–Crippen MR) is 63.1 cm³/mol. The summed E-state index contributed by atoms with van der Waals surface area (Å²) in [4.78, 5) is 0. The molecule has 0 saturated heterocycles. The summed E-state index contributed by atoms with van der Waals surface area (Å²) in [6, 6.07) is 9.81. The van der Waals surface area contributed by atoms with Crippen molar-refractivity contribution < 1.29 is 4.74 Å². The van der Waals surface area contributed by atoms with Gasteiger partial charge in [-0.05, 0) is 24.6 Å². The van der Waals surface area contributed by atoms with E-state index in [-0.39, 0.29) is 0 Å². The molecular formula is C12H18N2O. The molecule has 1 rings (SSSR count). The largest absolute Gasteiger partial charge is 0.478 e. The van der Waals surface area contributed by atoms with Gasteiger partial charge in [-0.15, -0.1) is 0 Å². The van der Waals surface area contributed by atoms with Crippen LogP contribution in [0.1, 0.15) is 13.8 Å². The fourth-order valence-electron chi connectivity index (χ4n) is 0.967. The molecule has 0 spiro atoms. The summed E-state index contributed by atoms with van der Waals surface area (Å²) in [7, 11) is 0. The monoisotopic (exact) mass is 206 g/mol. The molecule has 0 heterocycles. The van der Waals surface area contributed by atoms with Gasteiger partial charge in [0.25, 0.3) is 0 Å². The minimum Gasteiger partial charge on any atom is -0.478 e. The lowest BCUT2D eigenvalue weighted by molar-refractivity contribution is 0.166. The molecule has 82 valence electrons. The molecule has 0 unspecified atom stereocenters. The second-order valence-corrected chi connectivity index (χ2v) is 3.74. The lowest BCUT2D eigenvalue weighted by atomic mass is 10.2. The summed E-state index contributed by atoms with van der Waals surface area (Å²) in [5.74, 6) is 1.04. The third-order valence-electron chi connectivity index (χ3n) is 1.71. The zero-order chi connectivity index (χ0) is 11.1. The molecule has 0 aromatic heterocycles. The van der Waals surface area contributed by atoms with E-state index < -0.39 is 0 Å². The molecule has 1 aromatic rings. The highest BCUT2D eigenvalue weighted by molar-refractivity contribution is 5.41. The molecule has 0 saturated carbocycles. The molecule has 0 amide bonds. The highest BCUT2D eigenvalue weighted by atomic mass is 16.5. The zero-order valence-corrected chi connectivity index (χ0v) is 9.29. The number of hydrogen-bond donors (Lipinski definition) is 2. The van der Waals surface area contributed by atoms with Gasteiger partial charge >= 0.3 is 0 Å². The second-order valence-electron chi connectivity index (χ2n) is 3.74. The van der Waals surface area contributed by atoms with Crippen molar-refractivity contribution in [3.05, 3.63) is 42.8 Å². The Balaban J connectivity index is 2.23. The molecule has 3 nitrogen and oxygen atoms in total. The summed E-state index contributed by atoms with van der Waals surface area (Å²) in [6.45, 7) is 8.61. The molecule has 0 aliphatic rings. The predicted octanol–water partition coefficient (Wildman–Crippen LogP) is 2.75. The van der Waals surface area contributed by atoms with Crippen molar-refractivity contribution in [3.63, 3.8) is 0 Å². The van der Waals surface area contributed by atoms with Gasteiger partial charge < -0.3 is 4.74 Å². The molecule has 3 heteroatoms. The first-order chi connectivity index (χ1) is 7.18. The molecule has 2 N–H and O–H groups in total. The van der Waals surface area contributed by atoms with E-state index in [1.807, 2.05) is 30.3 Å². The minimum atomic E-state index is 0.500. The van der Waals surface area contributed by atoms with Crippen molar-refractivity contribution in [3.8, 4) is 0 Å². The first-order valence-corrected chi connectivity index (χ1v) is 5.07. The topological polar surface area (TPSA) is 33.3 Å². The number of nitrogens with one attached hydrogen (secondary N) is 2. The molecule has 0 bridgehead atoms. The smallest absolute Gasteiger partial charge is 0.198 e. The van der Waals surface area contributed by atoms with Gasteiger partial charge in [0.05, 0.1) is 12.3 Å². The number of hydrogen-bond acceptors (Lipinski definition) is 3. The van der Waals surface area contributed by atoms with Crippen molar-refractivity contribution >= 4 is 5.69 Å². The molecular weight excluding hydrogens is 188 g/mol. The summed E-state index contributed by atoms with van der Waals surface area (Å²) < 4.78 is 5.36. The highest BCUT2D eigenvalue weighted by Crippen LogP contribution is 2.04. The van der Waals surface area contributed by atoms with E-state index in [9.17, 15) is 0 Å². The number of rotatable bonds is 6. The van der Waals surface area contributed by atoms with Crippen LogP contribution in [0.3, 0.4) is 0 Å². The Bertz CT molecular complexity index is 296. The van der Waals surface area contributed by atoms with Crippen LogP contribution in [0.5, 0.6) is 0 Å². The van der Waals surface area contributed by atoms with Crippen LogP contribution in [0, 0.1) is 5.92 Å². The van der Waals surface area contributed by atoms with Gasteiger partial charge in [-0.2, -0.15) is 0 Å². The van der Waals surface area contributed by atoms with E-state index in [0.29, 0.717) is 18.4 Å². The molecule has 0 aliphatic carbocycles. The zero-order valence-electron chi connectivity index (χ0n) is 9.29. The van der Waals surface area contributed by atoms with Crippen molar-refractivity contribution in [1.29, 1.82) is 0 Å². The van der Waals surface area contributed by atoms with Gasteiger partial charge in [0, 0.05) is 0 Å². The van der Waals surface area contributed by atoms with Gasteiger partial charge in [0.1, 0.15) is 0 Å². The number of anilines is 1. The van der Waals surface area contributed by atoms with Gasteiger partial charge in [-0.3, -0.25) is 10.9 Å². The van der Waals surface area contributed by atoms with Crippen LogP contribution in [-0.2, 0) is 4.74 Å². The standard InChI is InChI=1S/C12H18N2O/c1-10(2)9-15-11(3)13-14-12-7-5-4-6-8-12/h4-8,10,13-14H,3,9H2,1-2H3. The molecule has 0 atom stereocenters. The van der Waals surface area contributed by atoms with E-state index in [2.05, 4.69) is 31.3 Å².